The normalized spacial score (nSPS) is 21.9. The quantitative estimate of drug-likeness (QED) is 0.808. The van der Waals surface area contributed by atoms with Gasteiger partial charge >= 0.3 is 12.0 Å². The number of aliphatic carboxylic acids is 1. The highest BCUT2D eigenvalue weighted by Gasteiger charge is 2.25. The molecule has 0 amide bonds. The lowest BCUT2D eigenvalue weighted by Crippen LogP contribution is -2.19. The maximum Gasteiger partial charge on any atom is 0.318 e. The van der Waals surface area contributed by atoms with E-state index in [1.54, 1.807) is 12.2 Å². The summed E-state index contributed by atoms with van der Waals surface area (Å²) >= 11 is 5.95. The van der Waals surface area contributed by atoms with Crippen molar-refractivity contribution in [2.45, 2.75) is 12.5 Å². The predicted octanol–water partition coefficient (Wildman–Crippen LogP) is 1.58. The number of methoxy groups -OCH3 is 1. The Morgan fingerprint density at radius 1 is 1.61 bits per heavy atom. The Kier molecular flexibility index (Phi) is 3.66. The fourth-order valence-electron chi connectivity index (χ4n) is 1.72. The molecule has 96 valence electrons. The molecule has 2 atom stereocenters. The SMILES string of the molecule is COc1ncc(Cl)c(NC2C=CC(C(=O)O)C2)n1. The summed E-state index contributed by atoms with van der Waals surface area (Å²) in [5.74, 6) is -0.865. The Labute approximate surface area is 109 Å². The largest absolute Gasteiger partial charge is 0.481 e. The highest BCUT2D eigenvalue weighted by atomic mass is 35.5. The van der Waals surface area contributed by atoms with E-state index in [1.165, 1.54) is 13.3 Å². The van der Waals surface area contributed by atoms with Gasteiger partial charge in [-0.3, -0.25) is 4.79 Å². The molecule has 1 aromatic heterocycles. The molecule has 0 radical (unpaired) electrons. The van der Waals surface area contributed by atoms with E-state index in [4.69, 9.17) is 21.4 Å². The number of anilines is 1. The first-order valence-corrected chi connectivity index (χ1v) is 5.72. The third-order valence-corrected chi connectivity index (χ3v) is 2.90. The van der Waals surface area contributed by atoms with Gasteiger partial charge in [0.15, 0.2) is 5.82 Å². The van der Waals surface area contributed by atoms with Crippen molar-refractivity contribution in [3.63, 3.8) is 0 Å². The van der Waals surface area contributed by atoms with Gasteiger partial charge < -0.3 is 15.2 Å². The van der Waals surface area contributed by atoms with E-state index in [0.29, 0.717) is 17.3 Å². The van der Waals surface area contributed by atoms with Crippen molar-refractivity contribution in [3.8, 4) is 6.01 Å². The summed E-state index contributed by atoms with van der Waals surface area (Å²) in [6.45, 7) is 0. The fourth-order valence-corrected chi connectivity index (χ4v) is 1.86. The molecular formula is C11H12ClN3O3. The van der Waals surface area contributed by atoms with Crippen LogP contribution in [0, 0.1) is 5.92 Å². The first-order chi connectivity index (χ1) is 8.60. The second-order valence-electron chi connectivity index (χ2n) is 3.87. The van der Waals surface area contributed by atoms with Crippen LogP contribution in [0.15, 0.2) is 18.3 Å². The summed E-state index contributed by atoms with van der Waals surface area (Å²) in [7, 11) is 1.46. The summed E-state index contributed by atoms with van der Waals surface area (Å²) in [4.78, 5) is 18.7. The lowest BCUT2D eigenvalue weighted by molar-refractivity contribution is -0.140. The fraction of sp³-hybridized carbons (Fsp3) is 0.364. The average Bonchev–Trinajstić information content (AvgIpc) is 2.81. The molecule has 6 nitrogen and oxygen atoms in total. The van der Waals surface area contributed by atoms with Crippen LogP contribution < -0.4 is 10.1 Å². The van der Waals surface area contributed by atoms with E-state index in [2.05, 4.69) is 15.3 Å². The third kappa shape index (κ3) is 2.70. The van der Waals surface area contributed by atoms with Gasteiger partial charge in [0.05, 0.1) is 19.2 Å². The van der Waals surface area contributed by atoms with E-state index in [1.807, 2.05) is 0 Å². The average molecular weight is 270 g/mol. The van der Waals surface area contributed by atoms with Gasteiger partial charge in [0.25, 0.3) is 0 Å². The zero-order valence-corrected chi connectivity index (χ0v) is 10.4. The van der Waals surface area contributed by atoms with Crippen LogP contribution in [0.25, 0.3) is 0 Å². The second-order valence-corrected chi connectivity index (χ2v) is 4.28. The van der Waals surface area contributed by atoms with Crippen LogP contribution in [0.4, 0.5) is 5.82 Å². The van der Waals surface area contributed by atoms with Gasteiger partial charge in [-0.25, -0.2) is 4.98 Å². The van der Waals surface area contributed by atoms with Crippen LogP contribution in [0.5, 0.6) is 6.01 Å². The van der Waals surface area contributed by atoms with Gasteiger partial charge in [0, 0.05) is 6.04 Å². The predicted molar refractivity (Wildman–Crippen MR) is 65.9 cm³/mol. The molecule has 1 heterocycles. The molecule has 2 unspecified atom stereocenters. The minimum Gasteiger partial charge on any atom is -0.481 e. The molecule has 1 aliphatic rings. The molecule has 0 saturated heterocycles. The standard InChI is InChI=1S/C11H12ClN3O3/c1-18-11-13-5-8(12)9(15-11)14-7-3-2-6(4-7)10(16)17/h2-3,5-7H,4H2,1H3,(H,16,17)(H,13,14,15). The second kappa shape index (κ2) is 5.22. The number of nitrogens with one attached hydrogen (secondary N) is 1. The summed E-state index contributed by atoms with van der Waals surface area (Å²) in [6, 6.07) is 0.0990. The molecule has 2 rings (SSSR count). The number of hydrogen-bond acceptors (Lipinski definition) is 5. The number of carbonyl (C=O) groups is 1. The van der Waals surface area contributed by atoms with E-state index in [0.717, 1.165) is 0 Å². The van der Waals surface area contributed by atoms with Gasteiger partial charge in [-0.2, -0.15) is 4.98 Å². The van der Waals surface area contributed by atoms with E-state index in [-0.39, 0.29) is 12.1 Å². The molecule has 0 fully saturated rings. The zero-order chi connectivity index (χ0) is 13.1. The number of rotatable bonds is 4. The van der Waals surface area contributed by atoms with Gasteiger partial charge in [0.2, 0.25) is 0 Å². The van der Waals surface area contributed by atoms with Gasteiger partial charge in [-0.15, -0.1) is 0 Å². The number of carboxylic acid groups (broad SMARTS) is 1. The topological polar surface area (TPSA) is 84.3 Å². The van der Waals surface area contributed by atoms with Crippen molar-refractivity contribution in [1.29, 1.82) is 0 Å². The molecule has 18 heavy (non-hydrogen) atoms. The van der Waals surface area contributed by atoms with Gasteiger partial charge in [-0.1, -0.05) is 23.8 Å². The number of ether oxygens (including phenoxy) is 1. The number of hydrogen-bond donors (Lipinski definition) is 2. The molecule has 1 aromatic rings. The minimum atomic E-state index is -0.832. The van der Waals surface area contributed by atoms with Crippen molar-refractivity contribution in [2.75, 3.05) is 12.4 Å². The Balaban J connectivity index is 2.07. The lowest BCUT2D eigenvalue weighted by Gasteiger charge is -2.14. The van der Waals surface area contributed by atoms with E-state index >= 15 is 0 Å². The third-order valence-electron chi connectivity index (χ3n) is 2.63. The van der Waals surface area contributed by atoms with Crippen molar-refractivity contribution in [3.05, 3.63) is 23.4 Å². The highest BCUT2D eigenvalue weighted by Crippen LogP contribution is 2.25. The lowest BCUT2D eigenvalue weighted by atomic mass is 10.1. The molecule has 0 bridgehead atoms. The molecule has 0 saturated carbocycles. The molecule has 0 aliphatic heterocycles. The summed E-state index contributed by atoms with van der Waals surface area (Å²) in [6.07, 6.45) is 5.36. The Morgan fingerprint density at radius 2 is 2.39 bits per heavy atom. The maximum atomic E-state index is 10.8. The van der Waals surface area contributed by atoms with Crippen LogP contribution in [0.2, 0.25) is 5.02 Å². The number of aromatic nitrogens is 2. The number of nitrogens with zero attached hydrogens (tertiary/aromatic N) is 2. The van der Waals surface area contributed by atoms with E-state index in [9.17, 15) is 4.79 Å². The minimum absolute atomic E-state index is 0.108. The highest BCUT2D eigenvalue weighted by molar-refractivity contribution is 6.32. The Bertz CT molecular complexity index is 492. The maximum absolute atomic E-state index is 10.8. The van der Waals surface area contributed by atoms with Crippen LogP contribution in [0.1, 0.15) is 6.42 Å². The first kappa shape index (κ1) is 12.6. The summed E-state index contributed by atoms with van der Waals surface area (Å²) in [5.41, 5.74) is 0. The van der Waals surface area contributed by atoms with Crippen LogP contribution in [-0.4, -0.2) is 34.2 Å². The molecule has 7 heteroatoms. The molecule has 0 aromatic carbocycles. The summed E-state index contributed by atoms with van der Waals surface area (Å²) < 4.78 is 4.90. The number of carboxylic acids is 1. The molecule has 2 N–H and O–H groups in total. The Hall–Kier alpha value is -1.82. The Morgan fingerprint density at radius 3 is 3.00 bits per heavy atom. The summed E-state index contributed by atoms with van der Waals surface area (Å²) in [5, 5.41) is 12.3. The van der Waals surface area contributed by atoms with Crippen molar-refractivity contribution < 1.29 is 14.6 Å². The molecule has 0 spiro atoms. The first-order valence-electron chi connectivity index (χ1n) is 5.34. The molecule has 1 aliphatic carbocycles. The van der Waals surface area contributed by atoms with Gasteiger partial charge in [0.1, 0.15) is 5.02 Å². The van der Waals surface area contributed by atoms with Gasteiger partial charge in [-0.05, 0) is 6.42 Å². The smallest absolute Gasteiger partial charge is 0.318 e. The zero-order valence-electron chi connectivity index (χ0n) is 9.63. The van der Waals surface area contributed by atoms with Crippen LogP contribution in [-0.2, 0) is 4.79 Å². The van der Waals surface area contributed by atoms with Crippen molar-refractivity contribution in [1.82, 2.24) is 9.97 Å². The monoisotopic (exact) mass is 269 g/mol. The van der Waals surface area contributed by atoms with Crippen molar-refractivity contribution in [2.24, 2.45) is 5.92 Å². The van der Waals surface area contributed by atoms with Crippen LogP contribution >= 0.6 is 11.6 Å². The van der Waals surface area contributed by atoms with E-state index < -0.39 is 11.9 Å². The van der Waals surface area contributed by atoms with Crippen molar-refractivity contribution >= 4 is 23.4 Å². The van der Waals surface area contributed by atoms with Crippen LogP contribution in [0.3, 0.4) is 0 Å². The molecular weight excluding hydrogens is 258 g/mol. The number of halogens is 1.